The topological polar surface area (TPSA) is 17.8 Å². The van der Waals surface area contributed by atoms with E-state index in [2.05, 4.69) is 5.10 Å². The van der Waals surface area contributed by atoms with Crippen molar-refractivity contribution in [3.63, 3.8) is 0 Å². The second-order valence-corrected chi connectivity index (χ2v) is 4.61. The average Bonchev–Trinajstić information content (AvgIpc) is 2.69. The van der Waals surface area contributed by atoms with Gasteiger partial charge >= 0.3 is 6.18 Å². The van der Waals surface area contributed by atoms with Crippen molar-refractivity contribution in [3.8, 4) is 10.6 Å². The minimum Gasteiger partial charge on any atom is -0.202 e. The Labute approximate surface area is 101 Å². The van der Waals surface area contributed by atoms with Crippen LogP contribution in [0, 0.1) is 0 Å². The smallest absolute Gasteiger partial charge is 0.202 e. The molecule has 0 atom stereocenters. The van der Waals surface area contributed by atoms with Crippen LogP contribution in [0.2, 0.25) is 0 Å². The van der Waals surface area contributed by atoms with E-state index in [-0.39, 0.29) is 0 Å². The second-order valence-electron chi connectivity index (χ2n) is 2.75. The monoisotopic (exact) mass is 344 g/mol. The highest BCUT2D eigenvalue weighted by Crippen LogP contribution is 2.33. The van der Waals surface area contributed by atoms with Crippen LogP contribution in [0.25, 0.3) is 10.6 Å². The molecule has 7 heteroatoms. The van der Waals surface area contributed by atoms with Gasteiger partial charge in [-0.1, -0.05) is 6.07 Å². The van der Waals surface area contributed by atoms with Crippen molar-refractivity contribution >= 4 is 34.2 Å². The minimum atomic E-state index is -4.39. The van der Waals surface area contributed by atoms with Crippen molar-refractivity contribution in [2.45, 2.75) is 6.18 Å². The molecule has 80 valence electrons. The highest BCUT2D eigenvalue weighted by Gasteiger charge is 2.35. The summed E-state index contributed by atoms with van der Waals surface area (Å²) >= 11 is 3.12. The molecular formula is C8H4F3IN2S. The molecule has 0 bridgehead atoms. The summed E-state index contributed by atoms with van der Waals surface area (Å²) in [5.41, 5.74) is -0.391. The van der Waals surface area contributed by atoms with Gasteiger partial charge in [0.1, 0.15) is 0 Å². The standard InChI is InChI=1S/C8H4F3IN2S/c9-8(10,11)7-4-5(14(12)13-7)6-2-1-3-15-6/h1-4H. The van der Waals surface area contributed by atoms with Crippen molar-refractivity contribution in [3.05, 3.63) is 29.3 Å². The third-order valence-corrected chi connectivity index (χ3v) is 3.36. The quantitative estimate of drug-likeness (QED) is 0.719. The number of hydrogen-bond donors (Lipinski definition) is 0. The van der Waals surface area contributed by atoms with Gasteiger partial charge in [-0.15, -0.1) is 11.3 Å². The lowest BCUT2D eigenvalue weighted by molar-refractivity contribution is -0.141. The number of halogens is 4. The summed E-state index contributed by atoms with van der Waals surface area (Å²) in [5.74, 6) is 0. The number of alkyl halides is 3. The molecule has 0 aliphatic heterocycles. The molecule has 0 fully saturated rings. The Kier molecular flexibility index (Phi) is 2.75. The molecule has 0 aromatic carbocycles. The number of aromatic nitrogens is 2. The van der Waals surface area contributed by atoms with E-state index in [9.17, 15) is 13.2 Å². The van der Waals surface area contributed by atoms with Gasteiger partial charge in [-0.05, 0) is 17.5 Å². The van der Waals surface area contributed by atoms with E-state index in [1.165, 1.54) is 14.2 Å². The van der Waals surface area contributed by atoms with E-state index < -0.39 is 11.9 Å². The van der Waals surface area contributed by atoms with Gasteiger partial charge in [-0.2, -0.15) is 18.3 Å². The Balaban J connectivity index is 2.47. The molecule has 2 heterocycles. The van der Waals surface area contributed by atoms with Crippen molar-refractivity contribution < 1.29 is 13.2 Å². The maximum absolute atomic E-state index is 12.3. The van der Waals surface area contributed by atoms with Crippen molar-refractivity contribution in [2.75, 3.05) is 0 Å². The zero-order valence-electron chi connectivity index (χ0n) is 7.12. The summed E-state index contributed by atoms with van der Waals surface area (Å²) in [4.78, 5) is 0.771. The van der Waals surface area contributed by atoms with Gasteiger partial charge in [0.25, 0.3) is 0 Å². The molecule has 0 radical (unpaired) electrons. The third kappa shape index (κ3) is 2.17. The van der Waals surface area contributed by atoms with Gasteiger partial charge in [-0.25, -0.2) is 2.90 Å². The van der Waals surface area contributed by atoms with Gasteiger partial charge in [0.2, 0.25) is 0 Å². The summed E-state index contributed by atoms with van der Waals surface area (Å²) < 4.78 is 38.3. The van der Waals surface area contributed by atoms with Crippen LogP contribution in [-0.2, 0) is 6.18 Å². The molecule has 0 saturated heterocycles. The van der Waals surface area contributed by atoms with Crippen LogP contribution in [0.3, 0.4) is 0 Å². The van der Waals surface area contributed by atoms with E-state index in [4.69, 9.17) is 0 Å². The van der Waals surface area contributed by atoms with Crippen LogP contribution in [0.4, 0.5) is 13.2 Å². The first-order valence-electron chi connectivity index (χ1n) is 3.86. The fourth-order valence-corrected chi connectivity index (χ4v) is 2.61. The first-order chi connectivity index (χ1) is 6.98. The zero-order chi connectivity index (χ0) is 11.1. The lowest BCUT2D eigenvalue weighted by Crippen LogP contribution is -2.05. The first kappa shape index (κ1) is 10.9. The van der Waals surface area contributed by atoms with Crippen molar-refractivity contribution in [1.29, 1.82) is 0 Å². The van der Waals surface area contributed by atoms with Gasteiger partial charge in [-0.3, -0.25) is 0 Å². The summed E-state index contributed by atoms with van der Waals surface area (Å²) in [6.45, 7) is 0. The number of rotatable bonds is 1. The summed E-state index contributed by atoms with van der Waals surface area (Å²) in [7, 11) is 0. The Hall–Kier alpha value is -0.570. The van der Waals surface area contributed by atoms with Crippen LogP contribution < -0.4 is 0 Å². The molecule has 0 aliphatic rings. The van der Waals surface area contributed by atoms with Crippen LogP contribution in [-0.4, -0.2) is 7.99 Å². The molecule has 2 aromatic heterocycles. The molecule has 0 aliphatic carbocycles. The zero-order valence-corrected chi connectivity index (χ0v) is 10.1. The summed E-state index contributed by atoms with van der Waals surface area (Å²) in [6, 6.07) is 4.60. The molecule has 2 aromatic rings. The predicted octanol–water partition coefficient (Wildman–Crippen LogP) is 3.83. The van der Waals surface area contributed by atoms with E-state index >= 15 is 0 Å². The van der Waals surface area contributed by atoms with Gasteiger partial charge in [0.15, 0.2) is 5.69 Å². The molecule has 0 saturated carbocycles. The van der Waals surface area contributed by atoms with E-state index in [0.29, 0.717) is 5.69 Å². The van der Waals surface area contributed by atoms with E-state index in [1.807, 2.05) is 5.38 Å². The molecular weight excluding hydrogens is 340 g/mol. The maximum Gasteiger partial charge on any atom is 0.435 e. The molecule has 0 spiro atoms. The first-order valence-corrected chi connectivity index (χ1v) is 5.70. The lowest BCUT2D eigenvalue weighted by Gasteiger charge is -1.98. The third-order valence-electron chi connectivity index (χ3n) is 1.73. The average molecular weight is 344 g/mol. The predicted molar refractivity (Wildman–Crippen MR) is 60.0 cm³/mol. The van der Waals surface area contributed by atoms with Gasteiger partial charge < -0.3 is 0 Å². The molecule has 0 N–H and O–H groups in total. The van der Waals surface area contributed by atoms with Crippen LogP contribution >= 0.6 is 34.2 Å². The largest absolute Gasteiger partial charge is 0.435 e. The van der Waals surface area contributed by atoms with Gasteiger partial charge in [0.05, 0.1) is 33.4 Å². The van der Waals surface area contributed by atoms with Gasteiger partial charge in [0, 0.05) is 0 Å². The fourth-order valence-electron chi connectivity index (χ4n) is 1.08. The van der Waals surface area contributed by atoms with Crippen molar-refractivity contribution in [2.24, 2.45) is 0 Å². The summed E-state index contributed by atoms with van der Waals surface area (Å²) in [5, 5.41) is 5.23. The Morgan fingerprint density at radius 3 is 2.60 bits per heavy atom. The fraction of sp³-hybridized carbons (Fsp3) is 0.125. The second kappa shape index (κ2) is 3.78. The normalized spacial score (nSPS) is 12.0. The maximum atomic E-state index is 12.3. The highest BCUT2D eigenvalue weighted by molar-refractivity contribution is 14.1. The molecule has 0 amide bonds. The Bertz CT molecular complexity index is 461. The van der Waals surface area contributed by atoms with Crippen LogP contribution in [0.5, 0.6) is 0 Å². The lowest BCUT2D eigenvalue weighted by atomic mass is 10.3. The van der Waals surface area contributed by atoms with Crippen molar-refractivity contribution in [1.82, 2.24) is 7.99 Å². The number of hydrogen-bond acceptors (Lipinski definition) is 2. The molecule has 2 rings (SSSR count). The minimum absolute atomic E-state index is 0.470. The number of nitrogens with zero attached hydrogens (tertiary/aromatic N) is 2. The van der Waals surface area contributed by atoms with Crippen LogP contribution in [0.1, 0.15) is 5.69 Å². The van der Waals surface area contributed by atoms with Crippen LogP contribution in [0.15, 0.2) is 23.6 Å². The Morgan fingerprint density at radius 2 is 2.13 bits per heavy atom. The van der Waals surface area contributed by atoms with E-state index in [0.717, 1.165) is 10.9 Å². The van der Waals surface area contributed by atoms with E-state index in [1.54, 1.807) is 35.0 Å². The molecule has 0 unspecified atom stereocenters. The Morgan fingerprint density at radius 1 is 1.40 bits per heavy atom. The highest BCUT2D eigenvalue weighted by atomic mass is 127. The number of thiophene rings is 1. The molecule has 2 nitrogen and oxygen atoms in total. The SMILES string of the molecule is FC(F)(F)c1cc(-c2cccs2)n(I)n1. The molecule has 15 heavy (non-hydrogen) atoms. The summed E-state index contributed by atoms with van der Waals surface area (Å²) in [6.07, 6.45) is -4.39.